The van der Waals surface area contributed by atoms with Gasteiger partial charge in [-0.05, 0) is 24.6 Å². The number of nitrogens with one attached hydrogen (secondary N) is 1. The van der Waals surface area contributed by atoms with Crippen LogP contribution >= 0.6 is 23.1 Å². The Hall–Kier alpha value is -2.19. The topological polar surface area (TPSA) is 85.2 Å². The lowest BCUT2D eigenvalue weighted by atomic mass is 10.0. The molecule has 3 rings (SSSR count). The molecule has 0 unspecified atom stereocenters. The zero-order valence-corrected chi connectivity index (χ0v) is 15.7. The molecular weight excluding hydrogens is 358 g/mol. The van der Waals surface area contributed by atoms with Crippen molar-refractivity contribution >= 4 is 40.0 Å². The Labute approximate surface area is 153 Å². The number of ketones is 1. The highest BCUT2D eigenvalue weighted by Gasteiger charge is 2.39. The summed E-state index contributed by atoms with van der Waals surface area (Å²) in [5.41, 5.74) is 0.763. The Kier molecular flexibility index (Phi) is 5.19. The number of ether oxygens (including phenoxy) is 2. The molecule has 0 amide bonds. The van der Waals surface area contributed by atoms with E-state index in [9.17, 15) is 4.79 Å². The second kappa shape index (κ2) is 7.37. The van der Waals surface area contributed by atoms with Crippen LogP contribution < -0.4 is 9.47 Å². The maximum Gasteiger partial charge on any atom is 0.186 e. The Morgan fingerprint density at radius 2 is 2.08 bits per heavy atom. The van der Waals surface area contributed by atoms with E-state index in [0.29, 0.717) is 21.4 Å². The number of rotatable bonds is 5. The molecule has 1 aliphatic heterocycles. The Morgan fingerprint density at radius 3 is 2.72 bits per heavy atom. The van der Waals surface area contributed by atoms with Crippen LogP contribution in [0.15, 0.2) is 23.1 Å². The maximum absolute atomic E-state index is 12.8. The summed E-state index contributed by atoms with van der Waals surface area (Å²) in [5.74, 6) is 0.528. The summed E-state index contributed by atoms with van der Waals surface area (Å²) >= 11 is 2.56. The lowest BCUT2D eigenvalue weighted by molar-refractivity contribution is -0.114. The number of Topliss-reactive ketones (excluding diaryl/α,β-unsaturated/α-hetero) is 1. The van der Waals surface area contributed by atoms with Gasteiger partial charge in [-0.3, -0.25) is 10.2 Å². The number of allylic oxidation sites excluding steroid dienone is 1. The van der Waals surface area contributed by atoms with Gasteiger partial charge < -0.3 is 9.47 Å². The van der Waals surface area contributed by atoms with Crippen molar-refractivity contribution in [3.63, 3.8) is 0 Å². The van der Waals surface area contributed by atoms with Crippen molar-refractivity contribution in [2.75, 3.05) is 14.2 Å². The molecule has 1 aromatic carbocycles. The van der Waals surface area contributed by atoms with Crippen LogP contribution in [0.25, 0.3) is 6.08 Å². The number of methoxy groups -OCH3 is 2. The quantitative estimate of drug-likeness (QED) is 0.805. The van der Waals surface area contributed by atoms with Gasteiger partial charge in [-0.2, -0.15) is 0 Å². The van der Waals surface area contributed by atoms with E-state index >= 15 is 0 Å². The fraction of sp³-hybridized carbons (Fsp3) is 0.294. The standard InChI is InChI=1S/C17H17N3O3S2/c1-4-13-19-20-17(25-13)14-15(21)12(24-16(14)18)7-9-5-6-10(22-2)8-11(9)23-3/h5-8,14,18H,4H2,1-3H3/b12-7-,18-16?/t14-/m1/s1. The van der Waals surface area contributed by atoms with Crippen molar-refractivity contribution in [1.29, 1.82) is 5.41 Å². The van der Waals surface area contributed by atoms with E-state index in [0.717, 1.165) is 28.8 Å². The third kappa shape index (κ3) is 3.45. The molecular formula is C17H17N3O3S2. The van der Waals surface area contributed by atoms with Gasteiger partial charge in [0.15, 0.2) is 5.78 Å². The van der Waals surface area contributed by atoms with Crippen LogP contribution in [-0.2, 0) is 11.2 Å². The second-order valence-corrected chi connectivity index (χ2v) is 7.45. The van der Waals surface area contributed by atoms with E-state index in [1.54, 1.807) is 32.4 Å². The summed E-state index contributed by atoms with van der Waals surface area (Å²) in [6.07, 6.45) is 2.52. The minimum Gasteiger partial charge on any atom is -0.497 e. The van der Waals surface area contributed by atoms with Crippen LogP contribution in [0.3, 0.4) is 0 Å². The molecule has 2 heterocycles. The summed E-state index contributed by atoms with van der Waals surface area (Å²) in [6.45, 7) is 1.99. The minimum atomic E-state index is -0.640. The Morgan fingerprint density at radius 1 is 1.28 bits per heavy atom. The molecule has 0 aliphatic carbocycles. The predicted octanol–water partition coefficient (Wildman–Crippen LogP) is 3.54. The molecule has 1 fully saturated rings. The van der Waals surface area contributed by atoms with Gasteiger partial charge in [0.25, 0.3) is 0 Å². The number of carbonyl (C=O) groups is 1. The van der Waals surface area contributed by atoms with Crippen LogP contribution in [0.4, 0.5) is 0 Å². The smallest absolute Gasteiger partial charge is 0.186 e. The maximum atomic E-state index is 12.8. The van der Waals surface area contributed by atoms with E-state index < -0.39 is 5.92 Å². The first-order valence-corrected chi connectivity index (χ1v) is 9.27. The highest BCUT2D eigenvalue weighted by atomic mass is 32.2. The van der Waals surface area contributed by atoms with Gasteiger partial charge in [-0.15, -0.1) is 21.5 Å². The molecule has 25 heavy (non-hydrogen) atoms. The number of nitrogens with zero attached hydrogens (tertiary/aromatic N) is 2. The molecule has 1 N–H and O–H groups in total. The van der Waals surface area contributed by atoms with Crippen molar-refractivity contribution < 1.29 is 14.3 Å². The average molecular weight is 375 g/mol. The normalized spacial score (nSPS) is 18.8. The SMILES string of the molecule is CCc1nnc([C@H]2C(=N)S/C(=C\c3ccc(OC)cc3OC)C2=O)s1. The van der Waals surface area contributed by atoms with Crippen LogP contribution in [0, 0.1) is 5.41 Å². The van der Waals surface area contributed by atoms with Gasteiger partial charge in [0.2, 0.25) is 0 Å². The Bertz CT molecular complexity index is 861. The summed E-state index contributed by atoms with van der Waals surface area (Å²) in [6, 6.07) is 5.40. The number of hydrogen-bond donors (Lipinski definition) is 1. The number of hydrogen-bond acceptors (Lipinski definition) is 8. The van der Waals surface area contributed by atoms with Crippen molar-refractivity contribution in [2.45, 2.75) is 19.3 Å². The first-order valence-electron chi connectivity index (χ1n) is 7.63. The molecule has 2 aromatic rings. The van der Waals surface area contributed by atoms with Crippen molar-refractivity contribution in [2.24, 2.45) is 0 Å². The second-order valence-electron chi connectivity index (χ2n) is 5.27. The fourth-order valence-electron chi connectivity index (χ4n) is 2.42. The molecule has 1 saturated heterocycles. The van der Waals surface area contributed by atoms with Gasteiger partial charge in [0.05, 0.1) is 24.2 Å². The first kappa shape index (κ1) is 17.6. The predicted molar refractivity (Wildman–Crippen MR) is 99.9 cm³/mol. The van der Waals surface area contributed by atoms with E-state index in [1.165, 1.54) is 11.3 Å². The number of carbonyl (C=O) groups excluding carboxylic acids is 1. The van der Waals surface area contributed by atoms with Gasteiger partial charge in [0.1, 0.15) is 27.4 Å². The monoisotopic (exact) mass is 375 g/mol. The molecule has 1 atom stereocenters. The molecule has 1 aliphatic rings. The highest BCUT2D eigenvalue weighted by Crippen LogP contribution is 2.42. The largest absolute Gasteiger partial charge is 0.497 e. The molecule has 130 valence electrons. The highest BCUT2D eigenvalue weighted by molar-refractivity contribution is 8.19. The van der Waals surface area contributed by atoms with E-state index in [1.807, 2.05) is 13.0 Å². The molecule has 6 nitrogen and oxygen atoms in total. The van der Waals surface area contributed by atoms with Gasteiger partial charge >= 0.3 is 0 Å². The Balaban J connectivity index is 1.93. The van der Waals surface area contributed by atoms with Crippen LogP contribution in [0.5, 0.6) is 11.5 Å². The number of aryl methyl sites for hydroxylation is 1. The molecule has 0 bridgehead atoms. The van der Waals surface area contributed by atoms with Crippen LogP contribution in [-0.4, -0.2) is 35.2 Å². The molecule has 0 saturated carbocycles. The minimum absolute atomic E-state index is 0.119. The number of thioether (sulfide) groups is 1. The average Bonchev–Trinajstić information content (AvgIpc) is 3.19. The first-order chi connectivity index (χ1) is 12.1. The van der Waals surface area contributed by atoms with E-state index in [2.05, 4.69) is 10.2 Å². The zero-order chi connectivity index (χ0) is 18.0. The number of benzene rings is 1. The molecule has 0 spiro atoms. The lowest BCUT2D eigenvalue weighted by Gasteiger charge is -2.07. The van der Waals surface area contributed by atoms with E-state index in [4.69, 9.17) is 14.9 Å². The summed E-state index contributed by atoms with van der Waals surface area (Å²) in [4.78, 5) is 13.3. The van der Waals surface area contributed by atoms with Crippen molar-refractivity contribution in [3.8, 4) is 11.5 Å². The van der Waals surface area contributed by atoms with Crippen LogP contribution in [0.2, 0.25) is 0 Å². The zero-order valence-electron chi connectivity index (χ0n) is 14.0. The molecule has 0 radical (unpaired) electrons. The van der Waals surface area contributed by atoms with Gasteiger partial charge in [-0.25, -0.2) is 0 Å². The summed E-state index contributed by atoms with van der Waals surface area (Å²) in [5, 5.41) is 18.1. The van der Waals surface area contributed by atoms with Gasteiger partial charge in [-0.1, -0.05) is 18.7 Å². The van der Waals surface area contributed by atoms with Crippen molar-refractivity contribution in [1.82, 2.24) is 10.2 Å². The van der Waals surface area contributed by atoms with Gasteiger partial charge in [0, 0.05) is 11.6 Å². The number of aromatic nitrogens is 2. The molecule has 1 aromatic heterocycles. The van der Waals surface area contributed by atoms with Crippen molar-refractivity contribution in [3.05, 3.63) is 38.7 Å². The lowest BCUT2D eigenvalue weighted by Crippen LogP contribution is -2.11. The summed E-state index contributed by atoms with van der Waals surface area (Å²) < 4.78 is 10.6. The summed E-state index contributed by atoms with van der Waals surface area (Å²) in [7, 11) is 3.15. The molecule has 8 heteroatoms. The fourth-order valence-corrected chi connectivity index (χ4v) is 4.36. The third-order valence-corrected chi connectivity index (χ3v) is 5.87. The van der Waals surface area contributed by atoms with E-state index in [-0.39, 0.29) is 10.8 Å². The third-order valence-electron chi connectivity index (χ3n) is 3.75. The van der Waals surface area contributed by atoms with Crippen LogP contribution in [0.1, 0.15) is 28.4 Å².